The van der Waals surface area contributed by atoms with E-state index in [0.29, 0.717) is 19.3 Å². The minimum Gasteiger partial charge on any atom is -0.463 e. The average Bonchev–Trinajstić information content (AvgIpc) is 3.70. The van der Waals surface area contributed by atoms with Crippen molar-refractivity contribution in [2.75, 3.05) is 13.2 Å². The summed E-state index contributed by atoms with van der Waals surface area (Å²) >= 11 is 0. The van der Waals surface area contributed by atoms with Gasteiger partial charge in [-0.2, -0.15) is 0 Å². The van der Waals surface area contributed by atoms with Crippen LogP contribution in [0, 0.1) is 5.92 Å². The molecule has 0 bridgehead atoms. The van der Waals surface area contributed by atoms with Gasteiger partial charge in [-0.25, -0.2) is 0 Å². The number of carbonyl (C=O) groups excluding carboxylic acids is 2. The highest BCUT2D eigenvalue weighted by atomic mass is 16.6. The number of allylic oxidation sites excluding steroid dienone is 5. The van der Waals surface area contributed by atoms with Crippen molar-refractivity contribution in [1.82, 2.24) is 0 Å². The Labute approximate surface area is 251 Å². The molecule has 1 aliphatic rings. The van der Waals surface area contributed by atoms with E-state index >= 15 is 0 Å². The van der Waals surface area contributed by atoms with Crippen LogP contribution in [-0.4, -0.2) is 48.6 Å². The highest BCUT2D eigenvalue weighted by molar-refractivity contribution is 5.69. The quantitative estimate of drug-likeness (QED) is 0.0456. The maximum Gasteiger partial charge on any atom is 0.305 e. The van der Waals surface area contributed by atoms with Crippen LogP contribution in [0.1, 0.15) is 136 Å². The second-order valence-electron chi connectivity index (χ2n) is 11.8. The molecule has 0 spiro atoms. The molecule has 2 unspecified atom stereocenters. The summed E-state index contributed by atoms with van der Waals surface area (Å²) in [5.41, 5.74) is 0. The van der Waals surface area contributed by atoms with Gasteiger partial charge >= 0.3 is 11.9 Å². The summed E-state index contributed by atoms with van der Waals surface area (Å²) in [5, 5.41) is 9.96. The van der Waals surface area contributed by atoms with Gasteiger partial charge < -0.3 is 19.3 Å². The van der Waals surface area contributed by atoms with Gasteiger partial charge in [0.15, 0.2) is 0 Å². The number of hydrogen-bond acceptors (Lipinski definition) is 6. The molecule has 0 aliphatic carbocycles. The van der Waals surface area contributed by atoms with Crippen molar-refractivity contribution in [2.45, 2.75) is 155 Å². The number of aliphatic hydroxyl groups excluding tert-OH is 1. The lowest BCUT2D eigenvalue weighted by Crippen LogP contribution is -2.25. The van der Waals surface area contributed by atoms with Gasteiger partial charge in [0.1, 0.15) is 19.3 Å². The van der Waals surface area contributed by atoms with E-state index in [2.05, 4.69) is 57.2 Å². The van der Waals surface area contributed by atoms with Crippen molar-refractivity contribution >= 4 is 11.9 Å². The number of rotatable bonds is 27. The molecule has 1 heterocycles. The first kappa shape index (κ1) is 37.1. The fourth-order valence-corrected chi connectivity index (χ4v) is 4.59. The van der Waals surface area contributed by atoms with Crippen LogP contribution in [0.25, 0.3) is 0 Å². The Morgan fingerprint density at radius 3 is 1.98 bits per heavy atom. The third kappa shape index (κ3) is 24.4. The second-order valence-corrected chi connectivity index (χ2v) is 11.8. The molecule has 41 heavy (non-hydrogen) atoms. The van der Waals surface area contributed by atoms with Crippen LogP contribution in [0.15, 0.2) is 36.5 Å². The molecule has 0 radical (unpaired) electrons. The van der Waals surface area contributed by atoms with Gasteiger partial charge in [0.2, 0.25) is 0 Å². The summed E-state index contributed by atoms with van der Waals surface area (Å²) in [7, 11) is 0. The molecule has 3 atom stereocenters. The Hall–Kier alpha value is -1.92. The zero-order valence-corrected chi connectivity index (χ0v) is 26.4. The van der Waals surface area contributed by atoms with Crippen LogP contribution in [0.5, 0.6) is 0 Å². The van der Waals surface area contributed by atoms with Crippen molar-refractivity contribution in [3.05, 3.63) is 36.5 Å². The van der Waals surface area contributed by atoms with Gasteiger partial charge in [-0.1, -0.05) is 109 Å². The Bertz CT molecular complexity index is 741. The van der Waals surface area contributed by atoms with Crippen molar-refractivity contribution < 1.29 is 28.9 Å². The number of ether oxygens (including phenoxy) is 3. The largest absolute Gasteiger partial charge is 0.463 e. The molecule has 6 nitrogen and oxygen atoms in total. The van der Waals surface area contributed by atoms with E-state index in [-0.39, 0.29) is 37.4 Å². The predicted molar refractivity (Wildman–Crippen MR) is 168 cm³/mol. The predicted octanol–water partition coefficient (Wildman–Crippen LogP) is 8.57. The van der Waals surface area contributed by atoms with Crippen LogP contribution < -0.4 is 0 Å². The topological polar surface area (TPSA) is 85.4 Å². The van der Waals surface area contributed by atoms with Gasteiger partial charge in [-0.15, -0.1) is 0 Å². The Balaban J connectivity index is 1.93. The van der Waals surface area contributed by atoms with Crippen molar-refractivity contribution in [3.63, 3.8) is 0 Å². The van der Waals surface area contributed by atoms with Gasteiger partial charge in [-0.3, -0.25) is 9.59 Å². The Morgan fingerprint density at radius 1 is 0.732 bits per heavy atom. The van der Waals surface area contributed by atoms with Crippen LogP contribution in [0.2, 0.25) is 0 Å². The minimum atomic E-state index is -0.992. The van der Waals surface area contributed by atoms with Gasteiger partial charge in [0.05, 0.1) is 12.2 Å². The molecule has 6 heteroatoms. The summed E-state index contributed by atoms with van der Waals surface area (Å²) in [5.74, 6) is 0.123. The molecule has 236 valence electrons. The molecule has 1 N–H and O–H groups in total. The third-order valence-electron chi connectivity index (χ3n) is 7.23. The molecule has 1 saturated heterocycles. The second kappa shape index (κ2) is 25.8. The number of hydrogen-bond donors (Lipinski definition) is 1. The summed E-state index contributed by atoms with van der Waals surface area (Å²) in [6.07, 6.45) is 30.9. The zero-order chi connectivity index (χ0) is 30.0. The molecule has 0 amide bonds. The molecule has 0 aromatic heterocycles. The Kier molecular flexibility index (Phi) is 23.3. The van der Waals surface area contributed by atoms with E-state index < -0.39 is 6.10 Å². The molecule has 0 aromatic carbocycles. The van der Waals surface area contributed by atoms with Crippen LogP contribution >= 0.6 is 0 Å². The third-order valence-corrected chi connectivity index (χ3v) is 7.23. The summed E-state index contributed by atoms with van der Waals surface area (Å²) in [6.45, 7) is 6.44. The number of carbonyl (C=O) groups is 2. The first-order valence-corrected chi connectivity index (χ1v) is 16.5. The highest BCUT2D eigenvalue weighted by Gasteiger charge is 2.36. The van der Waals surface area contributed by atoms with Crippen molar-refractivity contribution in [1.29, 1.82) is 0 Å². The number of esters is 2. The molecule has 1 rings (SSSR count). The number of epoxide rings is 1. The lowest BCUT2D eigenvalue weighted by Gasteiger charge is -2.12. The minimum absolute atomic E-state index is 0.140. The fraction of sp³-hybridized carbons (Fsp3) is 0.771. The zero-order valence-electron chi connectivity index (χ0n) is 26.4. The first-order valence-electron chi connectivity index (χ1n) is 16.5. The van der Waals surface area contributed by atoms with Crippen LogP contribution in [-0.2, 0) is 23.8 Å². The summed E-state index contributed by atoms with van der Waals surface area (Å²) < 4.78 is 15.9. The SMILES string of the molecule is CCCCC/C=C\C/C=C\C/C=C\CC1OC1CCCC(=O)OC[C@@H](O)COC(=O)CCCCCCCCC(C)C. The standard InChI is InChI=1S/C35H60O6/c1-4-5-6-7-8-9-10-11-12-13-17-20-24-32-33(41-32)25-22-27-35(38)40-29-31(36)28-39-34(37)26-21-18-15-14-16-19-23-30(2)3/h8-9,11-12,17,20,30-33,36H,4-7,10,13-16,18-19,21-29H2,1-3H3/b9-8-,12-11-,20-17-/t31-,32?,33?/m0/s1. The monoisotopic (exact) mass is 576 g/mol. The summed E-state index contributed by atoms with van der Waals surface area (Å²) in [4.78, 5) is 23.8. The smallest absolute Gasteiger partial charge is 0.305 e. The van der Waals surface area contributed by atoms with Crippen LogP contribution in [0.3, 0.4) is 0 Å². The van der Waals surface area contributed by atoms with Gasteiger partial charge in [0.25, 0.3) is 0 Å². The maximum absolute atomic E-state index is 12.0. The van der Waals surface area contributed by atoms with E-state index in [1.54, 1.807) is 0 Å². The Morgan fingerprint density at radius 2 is 1.32 bits per heavy atom. The molecule has 1 aliphatic heterocycles. The van der Waals surface area contributed by atoms with Crippen molar-refractivity contribution in [2.24, 2.45) is 5.92 Å². The molecule has 0 saturated carbocycles. The van der Waals surface area contributed by atoms with Crippen LogP contribution in [0.4, 0.5) is 0 Å². The number of aliphatic hydroxyl groups is 1. The molecule has 1 fully saturated rings. The molecular weight excluding hydrogens is 516 g/mol. The summed E-state index contributed by atoms with van der Waals surface area (Å²) in [6, 6.07) is 0. The lowest BCUT2D eigenvalue weighted by molar-refractivity contribution is -0.152. The average molecular weight is 577 g/mol. The van der Waals surface area contributed by atoms with E-state index in [0.717, 1.165) is 50.9 Å². The number of unbranched alkanes of at least 4 members (excludes halogenated alkanes) is 8. The maximum atomic E-state index is 12.0. The highest BCUT2D eigenvalue weighted by Crippen LogP contribution is 2.30. The van der Waals surface area contributed by atoms with E-state index in [9.17, 15) is 14.7 Å². The van der Waals surface area contributed by atoms with E-state index in [1.165, 1.54) is 51.4 Å². The first-order chi connectivity index (χ1) is 19.9. The normalized spacial score (nSPS) is 17.7. The van der Waals surface area contributed by atoms with Gasteiger partial charge in [0, 0.05) is 12.8 Å². The van der Waals surface area contributed by atoms with Gasteiger partial charge in [-0.05, 0) is 57.3 Å². The fourth-order valence-electron chi connectivity index (χ4n) is 4.59. The van der Waals surface area contributed by atoms with Crippen molar-refractivity contribution in [3.8, 4) is 0 Å². The van der Waals surface area contributed by atoms with E-state index in [1.807, 2.05) is 0 Å². The molecular formula is C35H60O6. The lowest BCUT2D eigenvalue weighted by atomic mass is 10.0. The van der Waals surface area contributed by atoms with E-state index in [4.69, 9.17) is 14.2 Å². The molecule has 0 aromatic rings.